The van der Waals surface area contributed by atoms with Crippen molar-refractivity contribution in [3.63, 3.8) is 0 Å². The maximum absolute atomic E-state index is 12.6. The number of ether oxygens (including phenoxy) is 2. The molecule has 0 aromatic heterocycles. The van der Waals surface area contributed by atoms with Crippen molar-refractivity contribution in [3.05, 3.63) is 42.0 Å². The first-order valence-corrected chi connectivity index (χ1v) is 10.2. The van der Waals surface area contributed by atoms with E-state index < -0.39 is 0 Å². The third kappa shape index (κ3) is 3.52. The van der Waals surface area contributed by atoms with Crippen LogP contribution in [0.25, 0.3) is 0 Å². The van der Waals surface area contributed by atoms with E-state index in [4.69, 9.17) is 9.47 Å². The fourth-order valence-corrected chi connectivity index (χ4v) is 5.60. The zero-order chi connectivity index (χ0) is 19.0. The van der Waals surface area contributed by atoms with Gasteiger partial charge >= 0.3 is 5.97 Å². The molecule has 4 rings (SSSR count). The average molecular weight is 370 g/mol. The number of carbonyl (C=O) groups is 1. The van der Waals surface area contributed by atoms with E-state index in [1.165, 1.54) is 24.0 Å². The van der Waals surface area contributed by atoms with E-state index in [1.807, 2.05) is 12.1 Å². The summed E-state index contributed by atoms with van der Waals surface area (Å²) in [6, 6.07) is 8.04. The number of rotatable bonds is 5. The van der Waals surface area contributed by atoms with Crippen LogP contribution in [0.3, 0.4) is 0 Å². The normalized spacial score (nSPS) is 35.3. The first-order valence-electron chi connectivity index (χ1n) is 10.2. The molecule has 1 aromatic carbocycles. The Kier molecular flexibility index (Phi) is 5.02. The average Bonchev–Trinajstić information content (AvgIpc) is 2.95. The first kappa shape index (κ1) is 18.5. The number of allylic oxidation sites excluding steroid dienone is 1. The van der Waals surface area contributed by atoms with Crippen LogP contribution in [0.1, 0.15) is 44.6 Å². The van der Waals surface area contributed by atoms with Crippen molar-refractivity contribution < 1.29 is 14.3 Å². The molecule has 0 unspecified atom stereocenters. The predicted molar refractivity (Wildman–Crippen MR) is 105 cm³/mol. The summed E-state index contributed by atoms with van der Waals surface area (Å²) in [5, 5.41) is 3.47. The van der Waals surface area contributed by atoms with Gasteiger partial charge in [0.2, 0.25) is 0 Å². The highest BCUT2D eigenvalue weighted by molar-refractivity contribution is 5.75. The van der Waals surface area contributed by atoms with E-state index in [0.29, 0.717) is 18.4 Å². The van der Waals surface area contributed by atoms with E-state index in [2.05, 4.69) is 31.0 Å². The Bertz CT molecular complexity index is 713. The predicted octanol–water partition coefficient (Wildman–Crippen LogP) is 4.10. The standard InChI is InChI=1S/C23H31NO3/c1-15-5-4-10-23(2)12-21-18(11-20(15)23)19(22(25)27-21)14-24-13-16-6-8-17(26-3)9-7-16/h6-9,18-21,24H,1,4-5,10-14H2,2-3H3/t18-,19+,20+,21+,23+/m0/s1. The second kappa shape index (κ2) is 7.31. The molecule has 1 aliphatic heterocycles. The topological polar surface area (TPSA) is 47.6 Å². The molecule has 2 saturated carbocycles. The van der Waals surface area contributed by atoms with E-state index >= 15 is 0 Å². The van der Waals surface area contributed by atoms with Gasteiger partial charge in [-0.3, -0.25) is 4.79 Å². The number of hydrogen-bond acceptors (Lipinski definition) is 4. The van der Waals surface area contributed by atoms with Gasteiger partial charge in [0, 0.05) is 19.0 Å². The molecule has 5 atom stereocenters. The van der Waals surface area contributed by atoms with Crippen molar-refractivity contribution >= 4 is 5.97 Å². The van der Waals surface area contributed by atoms with Crippen molar-refractivity contribution in [1.82, 2.24) is 5.32 Å². The lowest BCUT2D eigenvalue weighted by Crippen LogP contribution is -2.45. The van der Waals surface area contributed by atoms with E-state index in [0.717, 1.165) is 31.6 Å². The van der Waals surface area contributed by atoms with Gasteiger partial charge in [0.15, 0.2) is 0 Å². The number of fused-ring (bicyclic) bond motifs is 2. The monoisotopic (exact) mass is 369 g/mol. The molecule has 1 heterocycles. The number of nitrogens with one attached hydrogen (secondary N) is 1. The lowest BCUT2D eigenvalue weighted by Gasteiger charge is -2.50. The van der Waals surface area contributed by atoms with Gasteiger partial charge in [-0.2, -0.15) is 0 Å². The van der Waals surface area contributed by atoms with Gasteiger partial charge in [-0.25, -0.2) is 0 Å². The Hall–Kier alpha value is -1.81. The van der Waals surface area contributed by atoms with E-state index in [1.54, 1.807) is 7.11 Å². The maximum Gasteiger partial charge on any atom is 0.310 e. The number of esters is 1. The molecule has 1 N–H and O–H groups in total. The SMILES string of the molecule is C=C1CCC[C@]2(C)C[C@H]3OC(=O)[C@H](CNCc4ccc(OC)cc4)[C@@H]3C[C@H]12. The molecule has 0 spiro atoms. The largest absolute Gasteiger partial charge is 0.497 e. The minimum atomic E-state index is -0.0347. The Morgan fingerprint density at radius 1 is 1.33 bits per heavy atom. The number of carbonyl (C=O) groups excluding carboxylic acids is 1. The van der Waals surface area contributed by atoms with Gasteiger partial charge < -0.3 is 14.8 Å². The molecule has 1 saturated heterocycles. The molecule has 146 valence electrons. The molecule has 27 heavy (non-hydrogen) atoms. The Balaban J connectivity index is 1.38. The summed E-state index contributed by atoms with van der Waals surface area (Å²) in [7, 11) is 1.67. The quantitative estimate of drug-likeness (QED) is 0.627. The van der Waals surface area contributed by atoms with Crippen LogP contribution < -0.4 is 10.1 Å². The summed E-state index contributed by atoms with van der Waals surface area (Å²) in [5.41, 5.74) is 2.85. The smallest absolute Gasteiger partial charge is 0.310 e. The van der Waals surface area contributed by atoms with Gasteiger partial charge in [-0.1, -0.05) is 31.2 Å². The number of hydrogen-bond donors (Lipinski definition) is 1. The molecule has 4 nitrogen and oxygen atoms in total. The highest BCUT2D eigenvalue weighted by Crippen LogP contribution is 2.56. The van der Waals surface area contributed by atoms with E-state index in [-0.39, 0.29) is 23.4 Å². The third-order valence-corrected chi connectivity index (χ3v) is 7.17. The van der Waals surface area contributed by atoms with Gasteiger partial charge in [-0.05, 0) is 61.1 Å². The van der Waals surface area contributed by atoms with Crippen LogP contribution >= 0.6 is 0 Å². The fraction of sp³-hybridized carbons (Fsp3) is 0.609. The van der Waals surface area contributed by atoms with Crippen LogP contribution in [0.4, 0.5) is 0 Å². The van der Waals surface area contributed by atoms with Gasteiger partial charge in [0.25, 0.3) is 0 Å². The van der Waals surface area contributed by atoms with Crippen LogP contribution in [0.15, 0.2) is 36.4 Å². The van der Waals surface area contributed by atoms with Gasteiger partial charge in [0.1, 0.15) is 11.9 Å². The highest BCUT2D eigenvalue weighted by Gasteiger charge is 2.54. The van der Waals surface area contributed by atoms with E-state index in [9.17, 15) is 4.79 Å². The zero-order valence-electron chi connectivity index (χ0n) is 16.5. The summed E-state index contributed by atoms with van der Waals surface area (Å²) < 4.78 is 11.0. The van der Waals surface area contributed by atoms with Crippen LogP contribution in [-0.2, 0) is 16.1 Å². The molecular formula is C23H31NO3. The number of benzene rings is 1. The number of methoxy groups -OCH3 is 1. The minimum Gasteiger partial charge on any atom is -0.497 e. The molecule has 3 aliphatic rings. The molecule has 3 fully saturated rings. The van der Waals surface area contributed by atoms with Gasteiger partial charge in [-0.15, -0.1) is 0 Å². The Labute approximate surface area is 162 Å². The Morgan fingerprint density at radius 3 is 2.85 bits per heavy atom. The maximum atomic E-state index is 12.6. The van der Waals surface area contributed by atoms with Crippen LogP contribution in [0.2, 0.25) is 0 Å². The van der Waals surface area contributed by atoms with Crippen LogP contribution in [-0.4, -0.2) is 25.7 Å². The lowest BCUT2D eigenvalue weighted by molar-refractivity contribution is -0.146. The summed E-state index contributed by atoms with van der Waals surface area (Å²) in [4.78, 5) is 12.6. The van der Waals surface area contributed by atoms with Crippen molar-refractivity contribution in [1.29, 1.82) is 0 Å². The lowest BCUT2D eigenvalue weighted by atomic mass is 9.55. The molecule has 1 aromatic rings. The summed E-state index contributed by atoms with van der Waals surface area (Å²) >= 11 is 0. The van der Waals surface area contributed by atoms with Crippen molar-refractivity contribution in [2.24, 2.45) is 23.2 Å². The zero-order valence-corrected chi connectivity index (χ0v) is 16.5. The first-order chi connectivity index (χ1) is 13.0. The minimum absolute atomic E-state index is 0.0138. The molecular weight excluding hydrogens is 338 g/mol. The molecule has 4 heteroatoms. The van der Waals surface area contributed by atoms with Crippen molar-refractivity contribution in [3.8, 4) is 5.75 Å². The Morgan fingerprint density at radius 2 is 2.11 bits per heavy atom. The molecule has 2 aliphatic carbocycles. The van der Waals surface area contributed by atoms with Crippen LogP contribution in [0.5, 0.6) is 5.75 Å². The molecule has 0 bridgehead atoms. The van der Waals surface area contributed by atoms with Crippen molar-refractivity contribution in [2.45, 2.75) is 51.7 Å². The molecule has 0 radical (unpaired) electrons. The second-order valence-corrected chi connectivity index (χ2v) is 8.88. The van der Waals surface area contributed by atoms with Gasteiger partial charge in [0.05, 0.1) is 13.0 Å². The fourth-order valence-electron chi connectivity index (χ4n) is 5.60. The second-order valence-electron chi connectivity index (χ2n) is 8.88. The third-order valence-electron chi connectivity index (χ3n) is 7.17. The van der Waals surface area contributed by atoms with Crippen LogP contribution in [0, 0.1) is 23.2 Å². The molecule has 0 amide bonds. The summed E-state index contributed by atoms with van der Waals surface area (Å²) in [6.07, 6.45) is 5.76. The van der Waals surface area contributed by atoms with Crippen molar-refractivity contribution in [2.75, 3.05) is 13.7 Å². The highest BCUT2D eigenvalue weighted by atomic mass is 16.6. The summed E-state index contributed by atoms with van der Waals surface area (Å²) in [6.45, 7) is 8.17. The summed E-state index contributed by atoms with van der Waals surface area (Å²) in [5.74, 6) is 1.69.